The summed E-state index contributed by atoms with van der Waals surface area (Å²) in [5, 5.41) is 1.70. The highest BCUT2D eigenvalue weighted by molar-refractivity contribution is 7.80. The SMILES string of the molecule is Sc1c(Cl)ccc2sc(Cl)cc12. The molecule has 0 fully saturated rings. The van der Waals surface area contributed by atoms with Crippen LogP contribution in [0.25, 0.3) is 10.1 Å². The van der Waals surface area contributed by atoms with Crippen molar-refractivity contribution in [1.82, 2.24) is 0 Å². The highest BCUT2D eigenvalue weighted by atomic mass is 35.5. The Labute approximate surface area is 89.5 Å². The van der Waals surface area contributed by atoms with Crippen LogP contribution in [0.3, 0.4) is 0 Å². The molecule has 4 heteroatoms. The van der Waals surface area contributed by atoms with Gasteiger partial charge in [-0.1, -0.05) is 23.2 Å². The van der Waals surface area contributed by atoms with Gasteiger partial charge in [0.15, 0.2) is 0 Å². The normalized spacial score (nSPS) is 10.9. The molecule has 2 aromatic rings. The minimum Gasteiger partial charge on any atom is -0.141 e. The first-order valence-electron chi connectivity index (χ1n) is 3.25. The van der Waals surface area contributed by atoms with E-state index in [-0.39, 0.29) is 0 Å². The first kappa shape index (κ1) is 8.70. The second kappa shape index (κ2) is 3.11. The number of thiophene rings is 1. The van der Waals surface area contributed by atoms with Gasteiger partial charge in [0.25, 0.3) is 0 Å². The Morgan fingerprint density at radius 1 is 1.25 bits per heavy atom. The summed E-state index contributed by atoms with van der Waals surface area (Å²) in [6, 6.07) is 5.67. The number of hydrogen-bond acceptors (Lipinski definition) is 2. The minimum atomic E-state index is 0.667. The van der Waals surface area contributed by atoms with E-state index in [1.807, 2.05) is 18.2 Å². The molecule has 0 aliphatic heterocycles. The van der Waals surface area contributed by atoms with Gasteiger partial charge in [-0.2, -0.15) is 0 Å². The summed E-state index contributed by atoms with van der Waals surface area (Å²) < 4.78 is 1.89. The highest BCUT2D eigenvalue weighted by Gasteiger charge is 2.05. The Balaban J connectivity index is 2.89. The molecule has 0 radical (unpaired) electrons. The van der Waals surface area contributed by atoms with Crippen molar-refractivity contribution >= 4 is 57.3 Å². The number of rotatable bonds is 0. The number of benzene rings is 1. The van der Waals surface area contributed by atoms with Gasteiger partial charge >= 0.3 is 0 Å². The van der Waals surface area contributed by atoms with Crippen LogP contribution in [0.15, 0.2) is 23.1 Å². The van der Waals surface area contributed by atoms with Gasteiger partial charge in [0, 0.05) is 15.0 Å². The van der Waals surface area contributed by atoms with E-state index in [0.29, 0.717) is 5.02 Å². The van der Waals surface area contributed by atoms with E-state index in [9.17, 15) is 0 Å². The van der Waals surface area contributed by atoms with Gasteiger partial charge in [-0.3, -0.25) is 0 Å². The van der Waals surface area contributed by atoms with E-state index in [1.165, 1.54) is 11.3 Å². The van der Waals surface area contributed by atoms with E-state index < -0.39 is 0 Å². The summed E-state index contributed by atoms with van der Waals surface area (Å²) in [4.78, 5) is 0.803. The van der Waals surface area contributed by atoms with Gasteiger partial charge in [-0.25, -0.2) is 0 Å². The van der Waals surface area contributed by atoms with Crippen LogP contribution in [0, 0.1) is 0 Å². The van der Waals surface area contributed by atoms with Crippen molar-refractivity contribution in [3.05, 3.63) is 27.6 Å². The molecule has 0 spiro atoms. The molecule has 62 valence electrons. The predicted molar refractivity (Wildman–Crippen MR) is 59.1 cm³/mol. The molecule has 0 saturated heterocycles. The smallest absolute Gasteiger partial charge is 0.0941 e. The molecule has 1 aromatic heterocycles. The third kappa shape index (κ3) is 1.33. The summed E-state index contributed by atoms with van der Waals surface area (Å²) in [5.41, 5.74) is 0. The molecule has 0 aliphatic rings. The molecule has 12 heavy (non-hydrogen) atoms. The van der Waals surface area contributed by atoms with Crippen molar-refractivity contribution in [3.8, 4) is 0 Å². The zero-order valence-corrected chi connectivity index (χ0v) is 9.07. The summed E-state index contributed by atoms with van der Waals surface area (Å²) in [7, 11) is 0. The Morgan fingerprint density at radius 3 is 2.75 bits per heavy atom. The molecule has 2 rings (SSSR count). The van der Waals surface area contributed by atoms with Crippen molar-refractivity contribution in [2.45, 2.75) is 4.90 Å². The second-order valence-electron chi connectivity index (χ2n) is 2.36. The molecule has 1 heterocycles. The van der Waals surface area contributed by atoms with Gasteiger partial charge < -0.3 is 0 Å². The van der Waals surface area contributed by atoms with Crippen LogP contribution in [0.1, 0.15) is 0 Å². The van der Waals surface area contributed by atoms with Gasteiger partial charge in [0.05, 0.1) is 9.36 Å². The molecular weight excluding hydrogens is 231 g/mol. The van der Waals surface area contributed by atoms with Gasteiger partial charge in [0.1, 0.15) is 0 Å². The van der Waals surface area contributed by atoms with Crippen molar-refractivity contribution in [3.63, 3.8) is 0 Å². The maximum atomic E-state index is 5.88. The fourth-order valence-electron chi connectivity index (χ4n) is 1.04. The van der Waals surface area contributed by atoms with Crippen LogP contribution < -0.4 is 0 Å². The number of halogens is 2. The molecule has 0 amide bonds. The maximum absolute atomic E-state index is 5.88. The molecule has 0 atom stereocenters. The van der Waals surface area contributed by atoms with Crippen LogP contribution in [-0.4, -0.2) is 0 Å². The lowest BCUT2D eigenvalue weighted by Crippen LogP contribution is -1.69. The molecule has 0 N–H and O–H groups in total. The Kier molecular flexibility index (Phi) is 2.25. The lowest BCUT2D eigenvalue weighted by atomic mass is 10.3. The highest BCUT2D eigenvalue weighted by Crippen LogP contribution is 2.36. The van der Waals surface area contributed by atoms with E-state index >= 15 is 0 Å². The average molecular weight is 235 g/mol. The van der Waals surface area contributed by atoms with E-state index in [4.69, 9.17) is 23.2 Å². The quantitative estimate of drug-likeness (QED) is 0.638. The van der Waals surface area contributed by atoms with Crippen molar-refractivity contribution in [2.75, 3.05) is 0 Å². The average Bonchev–Trinajstić information content (AvgIpc) is 2.39. The fraction of sp³-hybridized carbons (Fsp3) is 0. The van der Waals surface area contributed by atoms with Crippen LogP contribution in [0.2, 0.25) is 9.36 Å². The molecule has 0 bridgehead atoms. The minimum absolute atomic E-state index is 0.667. The zero-order chi connectivity index (χ0) is 8.72. The van der Waals surface area contributed by atoms with Crippen molar-refractivity contribution in [1.29, 1.82) is 0 Å². The van der Waals surface area contributed by atoms with E-state index in [1.54, 1.807) is 0 Å². The summed E-state index contributed by atoms with van der Waals surface area (Å²) in [5.74, 6) is 0. The molecular formula is C8H4Cl2S2. The molecule has 0 nitrogen and oxygen atoms in total. The number of thiol groups is 1. The van der Waals surface area contributed by atoms with Crippen molar-refractivity contribution < 1.29 is 0 Å². The number of fused-ring (bicyclic) bond motifs is 1. The second-order valence-corrected chi connectivity index (χ2v) is 4.93. The first-order valence-corrected chi connectivity index (χ1v) is 5.27. The van der Waals surface area contributed by atoms with Crippen LogP contribution >= 0.6 is 47.2 Å². The third-order valence-corrected chi connectivity index (χ3v) is 3.75. The van der Waals surface area contributed by atoms with Crippen LogP contribution in [0.5, 0.6) is 0 Å². The Bertz CT molecular complexity index is 434. The summed E-state index contributed by atoms with van der Waals surface area (Å²) in [6.07, 6.45) is 0. The summed E-state index contributed by atoms with van der Waals surface area (Å²) in [6.45, 7) is 0. The predicted octanol–water partition coefficient (Wildman–Crippen LogP) is 4.50. The Hall–Kier alpha value is 0.110. The largest absolute Gasteiger partial charge is 0.141 e. The monoisotopic (exact) mass is 234 g/mol. The first-order chi connectivity index (χ1) is 5.68. The van der Waals surface area contributed by atoms with Crippen LogP contribution in [0.4, 0.5) is 0 Å². The Morgan fingerprint density at radius 2 is 2.00 bits per heavy atom. The van der Waals surface area contributed by atoms with Gasteiger partial charge in [-0.15, -0.1) is 24.0 Å². The van der Waals surface area contributed by atoms with E-state index in [0.717, 1.165) is 19.3 Å². The topological polar surface area (TPSA) is 0 Å². The standard InChI is InChI=1S/C8H4Cl2S2/c9-5-1-2-6-4(8(5)11)3-7(10)12-6/h1-3,11H. The third-order valence-electron chi connectivity index (χ3n) is 1.59. The maximum Gasteiger partial charge on any atom is 0.0941 e. The zero-order valence-electron chi connectivity index (χ0n) is 5.84. The molecule has 0 aliphatic carbocycles. The lowest BCUT2D eigenvalue weighted by molar-refractivity contribution is 1.59. The summed E-state index contributed by atoms with van der Waals surface area (Å²) >= 11 is 17.6. The van der Waals surface area contributed by atoms with Gasteiger partial charge in [-0.05, 0) is 18.2 Å². The molecule has 0 saturated carbocycles. The number of hydrogen-bond donors (Lipinski definition) is 1. The molecule has 0 unspecified atom stereocenters. The lowest BCUT2D eigenvalue weighted by Gasteiger charge is -1.96. The van der Waals surface area contributed by atoms with E-state index in [2.05, 4.69) is 12.6 Å². The van der Waals surface area contributed by atoms with Crippen molar-refractivity contribution in [2.24, 2.45) is 0 Å². The fourth-order valence-corrected chi connectivity index (χ4v) is 2.69. The van der Waals surface area contributed by atoms with Gasteiger partial charge in [0.2, 0.25) is 0 Å². The molecule has 1 aromatic carbocycles. The van der Waals surface area contributed by atoms with Crippen LogP contribution in [-0.2, 0) is 0 Å².